The van der Waals surface area contributed by atoms with Gasteiger partial charge >= 0.3 is 6.18 Å². The molecule has 0 amide bonds. The molecule has 0 spiro atoms. The van der Waals surface area contributed by atoms with Gasteiger partial charge in [-0.3, -0.25) is 0 Å². The van der Waals surface area contributed by atoms with Crippen LogP contribution >= 0.6 is 0 Å². The first-order valence-electron chi connectivity index (χ1n) is 18.2. The number of benzene rings is 2. The maximum absolute atomic E-state index is 15.2. The number of allylic oxidation sites excluding steroid dienone is 7. The van der Waals surface area contributed by atoms with Crippen molar-refractivity contribution in [2.24, 2.45) is 5.41 Å². The summed E-state index contributed by atoms with van der Waals surface area (Å²) < 4.78 is 63.0. The number of ether oxygens (including phenoxy) is 3. The van der Waals surface area contributed by atoms with Gasteiger partial charge in [-0.25, -0.2) is 0 Å². The van der Waals surface area contributed by atoms with Crippen LogP contribution in [0.3, 0.4) is 0 Å². The fourth-order valence-electron chi connectivity index (χ4n) is 7.04. The molecule has 1 unspecified atom stereocenters. The average molecular weight is 753 g/mol. The Hall–Kier alpha value is -5.70. The zero-order valence-corrected chi connectivity index (χ0v) is 32.0. The van der Waals surface area contributed by atoms with E-state index in [1.54, 1.807) is 44.6 Å². The first kappa shape index (κ1) is 42.0. The van der Waals surface area contributed by atoms with Gasteiger partial charge in [0.1, 0.15) is 35.3 Å². The Morgan fingerprint density at radius 3 is 2.25 bits per heavy atom. The molecule has 2 aromatic rings. The highest BCUT2D eigenvalue weighted by Crippen LogP contribution is 2.56. The number of hydrogen-bond donors (Lipinski definition) is 1. The Balaban J connectivity index is 1.79. The number of halogens is 3. The van der Waals surface area contributed by atoms with Crippen molar-refractivity contribution in [2.45, 2.75) is 71.1 Å². The molecular weight excluding hydrogens is 706 g/mol. The first-order valence-corrected chi connectivity index (χ1v) is 18.2. The van der Waals surface area contributed by atoms with E-state index in [2.05, 4.69) is 31.7 Å². The van der Waals surface area contributed by atoms with Crippen molar-refractivity contribution < 1.29 is 32.5 Å². The third-order valence-electron chi connectivity index (χ3n) is 9.62. The zero-order chi connectivity index (χ0) is 40.2. The molecule has 1 atom stereocenters. The van der Waals surface area contributed by atoms with Crippen molar-refractivity contribution in [1.82, 2.24) is 0 Å². The summed E-state index contributed by atoms with van der Waals surface area (Å²) in [6.45, 7) is 8.22. The predicted molar refractivity (Wildman–Crippen MR) is 206 cm³/mol. The summed E-state index contributed by atoms with van der Waals surface area (Å²) in [5.74, 6) is 0.551. The number of nitrogens with zero attached hydrogens (tertiary/aromatic N) is 4. The molecule has 1 aliphatic heterocycles. The highest BCUT2D eigenvalue weighted by Gasteiger charge is 2.65. The van der Waals surface area contributed by atoms with Crippen LogP contribution in [0, 0.1) is 39.4 Å². The Morgan fingerprint density at radius 2 is 1.65 bits per heavy atom. The van der Waals surface area contributed by atoms with Crippen molar-refractivity contribution in [3.63, 3.8) is 0 Å². The van der Waals surface area contributed by atoms with Gasteiger partial charge in [0.2, 0.25) is 0 Å². The van der Waals surface area contributed by atoms with Gasteiger partial charge in [-0.1, -0.05) is 87.9 Å². The van der Waals surface area contributed by atoms with Gasteiger partial charge in [0.15, 0.2) is 11.3 Å². The van der Waals surface area contributed by atoms with E-state index in [1.165, 1.54) is 30.3 Å². The van der Waals surface area contributed by atoms with Crippen molar-refractivity contribution in [1.29, 1.82) is 15.8 Å². The topological polar surface area (TPSA) is 123 Å². The molecule has 0 bridgehead atoms. The fourth-order valence-corrected chi connectivity index (χ4v) is 7.04. The average Bonchev–Trinajstić information content (AvgIpc) is 3.51. The summed E-state index contributed by atoms with van der Waals surface area (Å²) in [6, 6.07) is 17.8. The van der Waals surface area contributed by atoms with E-state index < -0.39 is 34.3 Å². The molecule has 288 valence electrons. The summed E-state index contributed by atoms with van der Waals surface area (Å²) in [7, 11) is 3.17. The number of alkyl halides is 3. The summed E-state index contributed by atoms with van der Waals surface area (Å²) in [4.78, 5) is 2.31. The summed E-state index contributed by atoms with van der Waals surface area (Å²) in [6.07, 6.45) is 8.01. The molecule has 4 rings (SSSR count). The van der Waals surface area contributed by atoms with E-state index in [4.69, 9.17) is 14.2 Å². The van der Waals surface area contributed by atoms with Crippen LogP contribution in [0.1, 0.15) is 70.4 Å². The van der Waals surface area contributed by atoms with Gasteiger partial charge in [0.05, 0.1) is 14.2 Å². The van der Waals surface area contributed by atoms with Crippen LogP contribution in [0.4, 0.5) is 18.9 Å². The van der Waals surface area contributed by atoms with Gasteiger partial charge in [-0.05, 0) is 60.8 Å². The number of rotatable bonds is 15. The van der Waals surface area contributed by atoms with Gasteiger partial charge < -0.3 is 24.2 Å². The molecule has 0 saturated heterocycles. The first-order chi connectivity index (χ1) is 26.3. The second-order valence-corrected chi connectivity index (χ2v) is 14.1. The maximum atomic E-state index is 15.2. The standard InChI is InChI=1S/C44H47F3N4O4/c1-6-7-22-51(23-11-12-24-52)36-21-20-31(39(25-36)53-4)18-19-33-27-42(2,3)26-32(40(33)54-5)14-13-17-38-37(30-50)41(34(28-48)29-49)55-43(38,44(45,46)47)35-15-9-8-10-16-35/h8-10,13-21,25,52H,6-7,11-12,22-24,26-27H2,1-5H3/b17-13+,19-18+,32-14+. The van der Waals surface area contributed by atoms with E-state index in [0.717, 1.165) is 67.2 Å². The number of aliphatic hydroxyl groups excluding tert-OH is 1. The normalized spacial score (nSPS) is 19.0. The molecule has 1 heterocycles. The molecule has 0 aromatic heterocycles. The minimum absolute atomic E-state index is 0.159. The second-order valence-electron chi connectivity index (χ2n) is 14.1. The predicted octanol–water partition coefficient (Wildman–Crippen LogP) is 9.90. The molecular formula is C44H47F3N4O4. The largest absolute Gasteiger partial charge is 0.496 e. The SMILES string of the molecule is CCCCN(CCCCO)c1ccc(/C=C/C2=C(OC)C(=C/C=C/C3=C(C#N)C(=C(C#N)C#N)OC3(c3ccccc3)C(F)(F)F)/CC(C)(C)C2)c(OC)c1. The molecule has 0 fully saturated rings. The zero-order valence-electron chi connectivity index (χ0n) is 32.0. The number of methoxy groups -OCH3 is 2. The fraction of sp³-hybridized carbons (Fsp3) is 0.386. The molecule has 0 saturated carbocycles. The molecule has 0 radical (unpaired) electrons. The highest BCUT2D eigenvalue weighted by atomic mass is 19.4. The lowest BCUT2D eigenvalue weighted by Crippen LogP contribution is -2.43. The molecule has 2 aliphatic rings. The van der Waals surface area contributed by atoms with Crippen LogP contribution in [-0.2, 0) is 15.1 Å². The Bertz CT molecular complexity index is 2010. The summed E-state index contributed by atoms with van der Waals surface area (Å²) in [5, 5.41) is 38.5. The van der Waals surface area contributed by atoms with Crippen molar-refractivity contribution >= 4 is 11.8 Å². The monoisotopic (exact) mass is 752 g/mol. The lowest BCUT2D eigenvalue weighted by atomic mass is 9.74. The molecule has 11 heteroatoms. The minimum atomic E-state index is -5.09. The molecule has 2 aromatic carbocycles. The number of aliphatic hydroxyl groups is 1. The molecule has 55 heavy (non-hydrogen) atoms. The van der Waals surface area contributed by atoms with Crippen LogP contribution in [0.5, 0.6) is 5.75 Å². The van der Waals surface area contributed by atoms with Crippen LogP contribution in [-0.4, -0.2) is 45.2 Å². The van der Waals surface area contributed by atoms with Crippen molar-refractivity contribution in [3.8, 4) is 24.0 Å². The van der Waals surface area contributed by atoms with Gasteiger partial charge in [-0.15, -0.1) is 0 Å². The van der Waals surface area contributed by atoms with Crippen LogP contribution < -0.4 is 9.64 Å². The van der Waals surface area contributed by atoms with Crippen LogP contribution in [0.25, 0.3) is 6.08 Å². The molecule has 1 aliphatic carbocycles. The van der Waals surface area contributed by atoms with Gasteiger partial charge in [0, 0.05) is 48.2 Å². The van der Waals surface area contributed by atoms with Gasteiger partial charge in [0.25, 0.3) is 5.60 Å². The van der Waals surface area contributed by atoms with Crippen molar-refractivity contribution in [3.05, 3.63) is 123 Å². The number of anilines is 1. The van der Waals surface area contributed by atoms with E-state index >= 15 is 13.2 Å². The second kappa shape index (κ2) is 18.6. The quantitative estimate of drug-likeness (QED) is 0.141. The highest BCUT2D eigenvalue weighted by molar-refractivity contribution is 5.66. The summed E-state index contributed by atoms with van der Waals surface area (Å²) >= 11 is 0. The van der Waals surface area contributed by atoms with Crippen molar-refractivity contribution in [2.75, 3.05) is 38.8 Å². The number of nitriles is 3. The van der Waals surface area contributed by atoms with Gasteiger partial charge in [-0.2, -0.15) is 29.0 Å². The van der Waals surface area contributed by atoms with E-state index in [-0.39, 0.29) is 17.6 Å². The Labute approximate surface area is 322 Å². The maximum Gasteiger partial charge on any atom is 0.437 e. The Morgan fingerprint density at radius 1 is 0.945 bits per heavy atom. The third-order valence-corrected chi connectivity index (χ3v) is 9.62. The lowest BCUT2D eigenvalue weighted by molar-refractivity contribution is -0.249. The summed E-state index contributed by atoms with van der Waals surface area (Å²) in [5.41, 5.74) is -2.04. The third kappa shape index (κ3) is 9.34. The number of unbranched alkanes of at least 4 members (excludes halogenated alkanes) is 2. The lowest BCUT2D eigenvalue weighted by Gasteiger charge is -2.34. The Kier molecular flexibility index (Phi) is 14.2. The molecule has 8 nitrogen and oxygen atoms in total. The smallest absolute Gasteiger partial charge is 0.437 e. The minimum Gasteiger partial charge on any atom is -0.496 e. The van der Waals surface area contributed by atoms with E-state index in [0.29, 0.717) is 24.4 Å². The van der Waals surface area contributed by atoms with Crippen LogP contribution in [0.2, 0.25) is 0 Å². The van der Waals surface area contributed by atoms with E-state index in [1.807, 2.05) is 24.3 Å². The van der Waals surface area contributed by atoms with E-state index in [9.17, 15) is 20.9 Å². The van der Waals surface area contributed by atoms with Crippen LogP contribution in [0.15, 0.2) is 112 Å². The number of hydrogen-bond acceptors (Lipinski definition) is 8. The molecule has 1 N–H and O–H groups in total.